The van der Waals surface area contributed by atoms with Gasteiger partial charge in [-0.05, 0) is 57.0 Å². The minimum atomic E-state index is -0.409. The van der Waals surface area contributed by atoms with Crippen molar-refractivity contribution in [1.29, 1.82) is 0 Å². The van der Waals surface area contributed by atoms with Gasteiger partial charge in [0.25, 0.3) is 0 Å². The van der Waals surface area contributed by atoms with Gasteiger partial charge < -0.3 is 9.73 Å². The highest BCUT2D eigenvalue weighted by atomic mass is 16.4. The average Bonchev–Trinajstić information content (AvgIpc) is 2.63. The Labute approximate surface area is 157 Å². The van der Waals surface area contributed by atoms with Gasteiger partial charge in [-0.2, -0.15) is 0 Å². The van der Waals surface area contributed by atoms with Crippen LogP contribution in [0.1, 0.15) is 31.7 Å². The van der Waals surface area contributed by atoms with Crippen LogP contribution < -0.4 is 10.9 Å². The first-order chi connectivity index (χ1) is 13.0. The van der Waals surface area contributed by atoms with Gasteiger partial charge in [-0.15, -0.1) is 0 Å². The zero-order valence-corrected chi connectivity index (χ0v) is 15.6. The highest BCUT2D eigenvalue weighted by Crippen LogP contribution is 2.25. The predicted molar refractivity (Wildman–Crippen MR) is 106 cm³/mol. The molecule has 1 amide bonds. The molecule has 0 spiro atoms. The molecule has 0 bridgehead atoms. The smallest absolute Gasteiger partial charge is 0.346 e. The molecule has 2 aromatic heterocycles. The van der Waals surface area contributed by atoms with E-state index in [1.807, 2.05) is 25.1 Å². The summed E-state index contributed by atoms with van der Waals surface area (Å²) in [7, 11) is 0. The van der Waals surface area contributed by atoms with Crippen molar-refractivity contribution in [2.24, 2.45) is 0 Å². The molecule has 0 unspecified atom stereocenters. The third-order valence-corrected chi connectivity index (χ3v) is 5.32. The summed E-state index contributed by atoms with van der Waals surface area (Å²) in [6.45, 7) is 5.30. The van der Waals surface area contributed by atoms with E-state index in [9.17, 15) is 9.59 Å². The monoisotopic (exact) mass is 365 g/mol. The van der Waals surface area contributed by atoms with E-state index < -0.39 is 5.63 Å². The fourth-order valence-corrected chi connectivity index (χ4v) is 3.85. The summed E-state index contributed by atoms with van der Waals surface area (Å²) < 4.78 is 5.40. The van der Waals surface area contributed by atoms with Crippen LogP contribution in [0.15, 0.2) is 39.5 Å². The Kier molecular flexibility index (Phi) is 4.66. The maximum absolute atomic E-state index is 12.5. The summed E-state index contributed by atoms with van der Waals surface area (Å²) in [5.74, 6) is 0.382. The second-order valence-electron chi connectivity index (χ2n) is 7.30. The molecule has 1 N–H and O–H groups in total. The molecule has 1 aromatic carbocycles. The summed E-state index contributed by atoms with van der Waals surface area (Å²) in [6.07, 6.45) is 3.48. The van der Waals surface area contributed by atoms with Crippen LogP contribution in [0.2, 0.25) is 0 Å². The molecule has 1 aliphatic rings. The second-order valence-corrected chi connectivity index (χ2v) is 7.30. The minimum absolute atomic E-state index is 0.0812. The van der Waals surface area contributed by atoms with E-state index in [1.54, 1.807) is 12.1 Å². The number of aromatic nitrogens is 1. The normalized spacial score (nSPS) is 18.1. The van der Waals surface area contributed by atoms with Gasteiger partial charge in [-0.3, -0.25) is 9.69 Å². The Bertz CT molecular complexity index is 1070. The molecule has 1 aliphatic heterocycles. The molecule has 1 saturated heterocycles. The van der Waals surface area contributed by atoms with Gasteiger partial charge in [0.05, 0.1) is 17.4 Å². The third-order valence-electron chi connectivity index (χ3n) is 5.32. The number of carbonyl (C=O) groups is 1. The number of anilines is 1. The number of aryl methyl sites for hydroxylation is 1. The molecule has 0 radical (unpaired) electrons. The largest absolute Gasteiger partial charge is 0.422 e. The van der Waals surface area contributed by atoms with Crippen molar-refractivity contribution in [2.75, 3.05) is 18.4 Å². The third kappa shape index (κ3) is 3.45. The molecular formula is C21H23N3O3. The van der Waals surface area contributed by atoms with E-state index in [0.29, 0.717) is 34.9 Å². The van der Waals surface area contributed by atoms with Crippen LogP contribution >= 0.6 is 0 Å². The summed E-state index contributed by atoms with van der Waals surface area (Å²) in [5, 5.41) is 4.12. The van der Waals surface area contributed by atoms with E-state index in [0.717, 1.165) is 30.3 Å². The van der Waals surface area contributed by atoms with Gasteiger partial charge in [0.1, 0.15) is 11.4 Å². The van der Waals surface area contributed by atoms with Crippen molar-refractivity contribution in [3.63, 3.8) is 0 Å². The topological polar surface area (TPSA) is 75.4 Å². The average molecular weight is 365 g/mol. The Morgan fingerprint density at radius 2 is 2.15 bits per heavy atom. The number of fused-ring (bicyclic) bond motifs is 3. The number of nitrogens with one attached hydrogen (secondary N) is 1. The van der Waals surface area contributed by atoms with E-state index in [2.05, 4.69) is 22.1 Å². The fraction of sp³-hybridized carbons (Fsp3) is 0.381. The maximum atomic E-state index is 12.5. The van der Waals surface area contributed by atoms with Gasteiger partial charge in [0, 0.05) is 11.4 Å². The van der Waals surface area contributed by atoms with Gasteiger partial charge >= 0.3 is 5.63 Å². The highest BCUT2D eigenvalue weighted by Gasteiger charge is 2.21. The lowest BCUT2D eigenvalue weighted by Gasteiger charge is -2.32. The number of piperidine rings is 1. The lowest BCUT2D eigenvalue weighted by molar-refractivity contribution is -0.118. The van der Waals surface area contributed by atoms with Crippen LogP contribution in [-0.4, -0.2) is 34.9 Å². The molecule has 140 valence electrons. The Morgan fingerprint density at radius 3 is 2.96 bits per heavy atom. The number of para-hydroxylation sites is 1. The SMILES string of the molecule is Cc1cc(NC(=O)CN2CCCC[C@@H]2C)nc2c1c(=O)oc1ccccc12. The zero-order chi connectivity index (χ0) is 19.0. The highest BCUT2D eigenvalue weighted by molar-refractivity contribution is 6.04. The minimum Gasteiger partial charge on any atom is -0.422 e. The number of hydrogen-bond donors (Lipinski definition) is 1. The Hall–Kier alpha value is -2.73. The van der Waals surface area contributed by atoms with E-state index in [-0.39, 0.29) is 5.91 Å². The van der Waals surface area contributed by atoms with Crippen molar-refractivity contribution in [2.45, 2.75) is 39.2 Å². The number of carbonyl (C=O) groups excluding carboxylic acids is 1. The number of rotatable bonds is 3. The Morgan fingerprint density at radius 1 is 1.33 bits per heavy atom. The van der Waals surface area contributed by atoms with Crippen LogP contribution in [-0.2, 0) is 4.79 Å². The van der Waals surface area contributed by atoms with Crippen LogP contribution in [0.5, 0.6) is 0 Å². The van der Waals surface area contributed by atoms with Crippen molar-refractivity contribution in [3.05, 3.63) is 46.3 Å². The summed E-state index contributed by atoms with van der Waals surface area (Å²) in [5.41, 5.74) is 1.38. The zero-order valence-electron chi connectivity index (χ0n) is 15.6. The van der Waals surface area contributed by atoms with Gasteiger partial charge in [0.2, 0.25) is 5.91 Å². The van der Waals surface area contributed by atoms with Crippen LogP contribution in [0, 0.1) is 6.92 Å². The number of likely N-dealkylation sites (tertiary alicyclic amines) is 1. The van der Waals surface area contributed by atoms with Gasteiger partial charge in [0.15, 0.2) is 0 Å². The van der Waals surface area contributed by atoms with Crippen molar-refractivity contribution >= 4 is 33.6 Å². The number of amides is 1. The van der Waals surface area contributed by atoms with Gasteiger partial charge in [-0.1, -0.05) is 18.6 Å². The lowest BCUT2D eigenvalue weighted by atomic mass is 10.0. The maximum Gasteiger partial charge on any atom is 0.346 e. The van der Waals surface area contributed by atoms with Crippen LogP contribution in [0.4, 0.5) is 5.82 Å². The summed E-state index contributed by atoms with van der Waals surface area (Å²) in [4.78, 5) is 31.6. The molecule has 0 aliphatic carbocycles. The summed E-state index contributed by atoms with van der Waals surface area (Å²) in [6, 6.07) is 9.46. The van der Waals surface area contributed by atoms with Crippen molar-refractivity contribution in [3.8, 4) is 0 Å². The molecular weight excluding hydrogens is 342 g/mol. The Balaban J connectivity index is 1.67. The quantitative estimate of drug-likeness (QED) is 0.568. The molecule has 6 nitrogen and oxygen atoms in total. The molecule has 1 atom stereocenters. The van der Waals surface area contributed by atoms with E-state index in [1.165, 1.54) is 6.42 Å². The molecule has 27 heavy (non-hydrogen) atoms. The molecule has 6 heteroatoms. The van der Waals surface area contributed by atoms with Crippen LogP contribution in [0.25, 0.3) is 21.9 Å². The van der Waals surface area contributed by atoms with E-state index >= 15 is 0 Å². The molecule has 3 heterocycles. The molecule has 3 aromatic rings. The van der Waals surface area contributed by atoms with Crippen LogP contribution in [0.3, 0.4) is 0 Å². The molecule has 4 rings (SSSR count). The second kappa shape index (κ2) is 7.12. The van der Waals surface area contributed by atoms with Crippen molar-refractivity contribution in [1.82, 2.24) is 9.88 Å². The summed E-state index contributed by atoms with van der Waals surface area (Å²) >= 11 is 0. The first kappa shape index (κ1) is 17.7. The fourth-order valence-electron chi connectivity index (χ4n) is 3.85. The first-order valence-electron chi connectivity index (χ1n) is 9.40. The number of benzene rings is 1. The number of hydrogen-bond acceptors (Lipinski definition) is 5. The van der Waals surface area contributed by atoms with Gasteiger partial charge in [-0.25, -0.2) is 9.78 Å². The lowest BCUT2D eigenvalue weighted by Crippen LogP contribution is -2.42. The number of nitrogens with zero attached hydrogens (tertiary/aromatic N) is 2. The van der Waals surface area contributed by atoms with E-state index in [4.69, 9.17) is 4.42 Å². The predicted octanol–water partition coefficient (Wildman–Crippen LogP) is 3.46. The standard InChI is InChI=1S/C21H23N3O3/c1-13-11-17(22-18(25)12-24-10-6-5-7-14(24)2)23-20-15-8-3-4-9-16(15)27-21(26)19(13)20/h3-4,8-9,11,14H,5-7,10,12H2,1-2H3,(H,22,23,25)/t14-/m0/s1. The number of pyridine rings is 1. The first-order valence-corrected chi connectivity index (χ1v) is 9.40. The molecule has 0 saturated carbocycles. The molecule has 1 fully saturated rings. The van der Waals surface area contributed by atoms with Crippen molar-refractivity contribution < 1.29 is 9.21 Å².